The van der Waals surface area contributed by atoms with E-state index in [4.69, 9.17) is 0 Å². The largest absolute Gasteiger partial charge is 0.419 e. The number of carbonyl (C=O) groups excluding carboxylic acids is 1. The maximum Gasteiger partial charge on any atom is 0.419 e. The van der Waals surface area contributed by atoms with Crippen LogP contribution in [0.3, 0.4) is 0 Å². The minimum absolute atomic E-state index is 0.0809. The van der Waals surface area contributed by atoms with E-state index < -0.39 is 17.5 Å². The van der Waals surface area contributed by atoms with E-state index in [1.807, 2.05) is 0 Å². The molecule has 0 atom stereocenters. The van der Waals surface area contributed by atoms with Gasteiger partial charge >= 0.3 is 6.18 Å². The predicted molar refractivity (Wildman–Crippen MR) is 48.6 cm³/mol. The predicted octanol–water partition coefficient (Wildman–Crippen LogP) is 3.36. The summed E-state index contributed by atoms with van der Waals surface area (Å²) in [5.41, 5.74) is -0.693. The van der Waals surface area contributed by atoms with Crippen molar-refractivity contribution < 1.29 is 18.0 Å². The highest BCUT2D eigenvalue weighted by Crippen LogP contribution is 2.28. The Labute approximate surface area is 82.9 Å². The van der Waals surface area contributed by atoms with Gasteiger partial charge in [0, 0.05) is 10.9 Å². The number of aryl methyl sites for hydroxylation is 1. The van der Waals surface area contributed by atoms with Crippen LogP contribution in [0.5, 0.6) is 0 Å². The third-order valence-corrected chi connectivity index (χ3v) is 2.58. The summed E-state index contributed by atoms with van der Waals surface area (Å²) in [5, 5.41) is 3.02. The second-order valence-electron chi connectivity index (χ2n) is 2.77. The lowest BCUT2D eigenvalue weighted by atomic mass is 10.0. The monoisotopic (exact) mass is 220 g/mol. The average Bonchev–Trinajstić information content (AvgIpc) is 2.47. The van der Waals surface area contributed by atoms with Crippen LogP contribution in [-0.2, 0) is 0 Å². The molecule has 0 aliphatic carbocycles. The van der Waals surface area contributed by atoms with Gasteiger partial charge in [0.05, 0.1) is 5.57 Å². The number of Topliss-reactive ketones (excluding diaryl/α,β-unsaturated/α-hetero) is 1. The lowest BCUT2D eigenvalue weighted by Gasteiger charge is -2.07. The van der Waals surface area contributed by atoms with Crippen molar-refractivity contribution in [2.24, 2.45) is 0 Å². The van der Waals surface area contributed by atoms with Gasteiger partial charge in [-0.1, -0.05) is 6.58 Å². The van der Waals surface area contributed by atoms with Crippen LogP contribution >= 0.6 is 11.3 Å². The molecule has 1 heterocycles. The highest BCUT2D eigenvalue weighted by Gasteiger charge is 2.37. The second kappa shape index (κ2) is 3.57. The van der Waals surface area contributed by atoms with Crippen molar-refractivity contribution in [2.75, 3.05) is 0 Å². The molecule has 0 saturated carbocycles. The zero-order valence-electron chi connectivity index (χ0n) is 7.31. The van der Waals surface area contributed by atoms with E-state index in [1.54, 1.807) is 12.3 Å². The summed E-state index contributed by atoms with van der Waals surface area (Å²) in [4.78, 5) is 11.3. The summed E-state index contributed by atoms with van der Waals surface area (Å²) in [7, 11) is 0. The maximum atomic E-state index is 12.1. The van der Waals surface area contributed by atoms with Crippen molar-refractivity contribution in [3.8, 4) is 0 Å². The van der Waals surface area contributed by atoms with Gasteiger partial charge in [-0.3, -0.25) is 4.79 Å². The smallest absolute Gasteiger partial charge is 0.289 e. The van der Waals surface area contributed by atoms with E-state index in [0.29, 0.717) is 5.56 Å². The molecule has 0 N–H and O–H groups in total. The zero-order chi connectivity index (χ0) is 10.9. The van der Waals surface area contributed by atoms with Crippen LogP contribution in [0.1, 0.15) is 15.9 Å². The van der Waals surface area contributed by atoms with Gasteiger partial charge in [0.25, 0.3) is 0 Å². The fraction of sp³-hybridized carbons (Fsp3) is 0.222. The highest BCUT2D eigenvalue weighted by atomic mass is 32.1. The summed E-state index contributed by atoms with van der Waals surface area (Å²) in [6.45, 7) is 4.34. The molecule has 1 rings (SSSR count). The van der Waals surface area contributed by atoms with Crippen LogP contribution in [0, 0.1) is 6.92 Å². The zero-order valence-corrected chi connectivity index (χ0v) is 8.13. The van der Waals surface area contributed by atoms with E-state index in [-0.39, 0.29) is 5.56 Å². The van der Waals surface area contributed by atoms with Crippen LogP contribution < -0.4 is 0 Å². The van der Waals surface area contributed by atoms with E-state index in [2.05, 4.69) is 6.58 Å². The second-order valence-corrected chi connectivity index (χ2v) is 3.52. The first-order chi connectivity index (χ1) is 6.34. The van der Waals surface area contributed by atoms with Gasteiger partial charge < -0.3 is 0 Å². The third-order valence-electron chi connectivity index (χ3n) is 1.72. The van der Waals surface area contributed by atoms with Gasteiger partial charge in [-0.15, -0.1) is 0 Å². The van der Waals surface area contributed by atoms with Crippen molar-refractivity contribution in [3.63, 3.8) is 0 Å². The SMILES string of the molecule is C=C(C(=O)c1cscc1C)C(F)(F)F. The number of rotatable bonds is 2. The normalized spacial score (nSPS) is 11.4. The first-order valence-electron chi connectivity index (χ1n) is 3.67. The fourth-order valence-electron chi connectivity index (χ4n) is 0.884. The number of alkyl halides is 3. The van der Waals surface area contributed by atoms with E-state index in [1.165, 1.54) is 16.7 Å². The van der Waals surface area contributed by atoms with E-state index in [9.17, 15) is 18.0 Å². The molecule has 0 saturated heterocycles. The van der Waals surface area contributed by atoms with E-state index >= 15 is 0 Å². The topological polar surface area (TPSA) is 17.1 Å². The van der Waals surface area contributed by atoms with Gasteiger partial charge in [-0.25, -0.2) is 0 Å². The van der Waals surface area contributed by atoms with Gasteiger partial charge in [0.2, 0.25) is 0 Å². The Morgan fingerprint density at radius 3 is 2.36 bits per heavy atom. The minimum Gasteiger partial charge on any atom is -0.289 e. The van der Waals surface area contributed by atoms with Gasteiger partial charge in [-0.2, -0.15) is 24.5 Å². The third kappa shape index (κ3) is 2.04. The molecule has 1 aromatic rings. The number of hydrogen-bond donors (Lipinski definition) is 0. The van der Waals surface area contributed by atoms with Crippen LogP contribution in [0.15, 0.2) is 22.9 Å². The first-order valence-corrected chi connectivity index (χ1v) is 4.62. The van der Waals surface area contributed by atoms with Crippen molar-refractivity contribution in [3.05, 3.63) is 34.0 Å². The Morgan fingerprint density at radius 1 is 1.43 bits per heavy atom. The highest BCUT2D eigenvalue weighted by molar-refractivity contribution is 7.08. The molecule has 1 aromatic heterocycles. The van der Waals surface area contributed by atoms with Gasteiger partial charge in [0.15, 0.2) is 5.78 Å². The summed E-state index contributed by atoms with van der Waals surface area (Å²) < 4.78 is 36.3. The lowest BCUT2D eigenvalue weighted by molar-refractivity contribution is -0.0883. The van der Waals surface area contributed by atoms with E-state index in [0.717, 1.165) is 0 Å². The van der Waals surface area contributed by atoms with Crippen LogP contribution in [0.2, 0.25) is 0 Å². The quantitative estimate of drug-likeness (QED) is 0.551. The Balaban J connectivity index is 2.99. The Hall–Kier alpha value is -1.10. The van der Waals surface area contributed by atoms with Gasteiger partial charge in [-0.05, 0) is 17.9 Å². The molecule has 0 bridgehead atoms. The van der Waals surface area contributed by atoms with Crippen molar-refractivity contribution in [1.82, 2.24) is 0 Å². The van der Waals surface area contributed by atoms with Crippen LogP contribution in [0.4, 0.5) is 13.2 Å². The molecule has 5 heteroatoms. The molecule has 14 heavy (non-hydrogen) atoms. The summed E-state index contributed by atoms with van der Waals surface area (Å²) in [5.74, 6) is -1.05. The number of thiophene rings is 1. The van der Waals surface area contributed by atoms with Crippen molar-refractivity contribution >= 4 is 17.1 Å². The minimum atomic E-state index is -4.65. The molecular formula is C9H7F3OS. The molecule has 0 fully saturated rings. The van der Waals surface area contributed by atoms with Crippen molar-refractivity contribution in [1.29, 1.82) is 0 Å². The van der Waals surface area contributed by atoms with Gasteiger partial charge in [0.1, 0.15) is 0 Å². The number of halogens is 3. The Bertz CT molecular complexity index is 376. The summed E-state index contributed by atoms with van der Waals surface area (Å²) in [6.07, 6.45) is -4.65. The molecule has 76 valence electrons. The van der Waals surface area contributed by atoms with Crippen molar-refractivity contribution in [2.45, 2.75) is 13.1 Å². The fourth-order valence-corrected chi connectivity index (χ4v) is 1.71. The molecule has 0 amide bonds. The number of hydrogen-bond acceptors (Lipinski definition) is 2. The summed E-state index contributed by atoms with van der Waals surface area (Å²) >= 11 is 1.19. The molecule has 1 nitrogen and oxygen atoms in total. The molecule has 0 unspecified atom stereocenters. The standard InChI is InChI=1S/C9H7F3OS/c1-5-3-14-4-7(5)8(13)6(2)9(10,11)12/h3-4H,2H2,1H3. The molecule has 0 aromatic carbocycles. The maximum absolute atomic E-state index is 12.1. The van der Waals surface area contributed by atoms with Crippen LogP contribution in [-0.4, -0.2) is 12.0 Å². The molecular weight excluding hydrogens is 213 g/mol. The number of allylic oxidation sites excluding steroid dienone is 1. The Kier molecular flexibility index (Phi) is 2.80. The number of carbonyl (C=O) groups is 1. The first kappa shape index (κ1) is 11.0. The van der Waals surface area contributed by atoms with Crippen LogP contribution in [0.25, 0.3) is 0 Å². The lowest BCUT2D eigenvalue weighted by Crippen LogP contribution is -2.19. The summed E-state index contributed by atoms with van der Waals surface area (Å²) in [6, 6.07) is 0. The Morgan fingerprint density at radius 2 is 2.00 bits per heavy atom. The number of ketones is 1. The molecule has 0 aliphatic rings. The molecule has 0 spiro atoms. The molecule has 0 aliphatic heterocycles. The average molecular weight is 220 g/mol. The molecule has 0 radical (unpaired) electrons.